The number of nitrogens with two attached hydrogens (primary N) is 1. The van der Waals surface area contributed by atoms with Crippen molar-refractivity contribution in [1.29, 1.82) is 0 Å². The number of hydrogen-bond acceptors (Lipinski definition) is 9. The van der Waals surface area contributed by atoms with E-state index in [9.17, 15) is 39.3 Å². The fourth-order valence-corrected chi connectivity index (χ4v) is 2.13. The predicted molar refractivity (Wildman–Crippen MR) is 98.7 cm³/mol. The molecule has 0 aliphatic rings. The summed E-state index contributed by atoms with van der Waals surface area (Å²) in [5, 5.41) is 52.2. The number of carbonyl (C=O) groups is 5. The van der Waals surface area contributed by atoms with Gasteiger partial charge in [0.25, 0.3) is 0 Å². The van der Waals surface area contributed by atoms with E-state index in [1.165, 1.54) is 6.92 Å². The maximum atomic E-state index is 12.3. The molecule has 0 heterocycles. The van der Waals surface area contributed by atoms with Crippen molar-refractivity contribution in [2.45, 2.75) is 63.1 Å². The minimum atomic E-state index is -1.66. The van der Waals surface area contributed by atoms with Crippen LogP contribution in [-0.2, 0) is 24.0 Å². The summed E-state index contributed by atoms with van der Waals surface area (Å²) >= 11 is 0. The van der Waals surface area contributed by atoms with Gasteiger partial charge < -0.3 is 47.2 Å². The number of carbonyl (C=O) groups excluding carboxylic acids is 3. The highest BCUT2D eigenvalue weighted by Crippen LogP contribution is 2.01. The van der Waals surface area contributed by atoms with E-state index >= 15 is 0 Å². The summed E-state index contributed by atoms with van der Waals surface area (Å²) in [4.78, 5) is 58.2. The van der Waals surface area contributed by atoms with Crippen LogP contribution in [-0.4, -0.2) is 98.2 Å². The monoisotopic (exact) mass is 436 g/mol. The molecule has 0 aliphatic heterocycles. The van der Waals surface area contributed by atoms with Crippen molar-refractivity contribution in [3.8, 4) is 0 Å². The molecule has 0 saturated carbocycles. The third-order valence-electron chi connectivity index (χ3n) is 3.96. The Morgan fingerprint density at radius 2 is 1.37 bits per heavy atom. The average molecular weight is 436 g/mol. The van der Waals surface area contributed by atoms with Crippen molar-refractivity contribution < 1.29 is 49.5 Å². The molecule has 0 fully saturated rings. The van der Waals surface area contributed by atoms with E-state index in [4.69, 9.17) is 15.9 Å². The molecule has 30 heavy (non-hydrogen) atoms. The molecule has 0 aromatic carbocycles. The van der Waals surface area contributed by atoms with E-state index in [2.05, 4.69) is 5.32 Å². The molecule has 0 saturated heterocycles. The number of aliphatic hydroxyl groups is 3. The van der Waals surface area contributed by atoms with E-state index in [-0.39, 0.29) is 0 Å². The first kappa shape index (κ1) is 27.2. The van der Waals surface area contributed by atoms with E-state index in [0.717, 1.165) is 6.92 Å². The van der Waals surface area contributed by atoms with Gasteiger partial charge in [-0.25, -0.2) is 4.79 Å². The Labute approximate surface area is 171 Å². The number of aliphatic hydroxyl groups excluding tert-OH is 3. The van der Waals surface area contributed by atoms with Gasteiger partial charge in [-0.2, -0.15) is 0 Å². The average Bonchev–Trinajstić information content (AvgIpc) is 2.65. The van der Waals surface area contributed by atoms with Gasteiger partial charge in [-0.05, 0) is 20.3 Å². The minimum Gasteiger partial charge on any atom is -0.481 e. The highest BCUT2D eigenvalue weighted by atomic mass is 16.4. The van der Waals surface area contributed by atoms with Gasteiger partial charge in [0.05, 0.1) is 18.8 Å². The topological polar surface area (TPSA) is 249 Å². The highest BCUT2D eigenvalue weighted by Gasteiger charge is 2.32. The number of nitrogens with one attached hydrogen (secondary N) is 3. The van der Waals surface area contributed by atoms with Crippen LogP contribution in [0.1, 0.15) is 26.7 Å². The molecule has 0 rings (SSSR count). The normalized spacial score (nSPS) is 16.9. The lowest BCUT2D eigenvalue weighted by Crippen LogP contribution is -2.61. The fourth-order valence-electron chi connectivity index (χ4n) is 2.13. The van der Waals surface area contributed by atoms with Gasteiger partial charge in [0.15, 0.2) is 0 Å². The zero-order chi connectivity index (χ0) is 23.6. The third kappa shape index (κ3) is 9.13. The second-order valence-electron chi connectivity index (χ2n) is 6.57. The number of amides is 3. The molecular formula is C16H28N4O10. The molecule has 3 amide bonds. The molecule has 0 aromatic heterocycles. The maximum absolute atomic E-state index is 12.3. The van der Waals surface area contributed by atoms with Gasteiger partial charge in [0.1, 0.15) is 24.2 Å². The van der Waals surface area contributed by atoms with E-state index in [0.29, 0.717) is 0 Å². The lowest BCUT2D eigenvalue weighted by Gasteiger charge is -2.26. The fraction of sp³-hybridized carbons (Fsp3) is 0.688. The summed E-state index contributed by atoms with van der Waals surface area (Å²) in [6.45, 7) is 1.42. The summed E-state index contributed by atoms with van der Waals surface area (Å²) in [6.07, 6.45) is -3.70. The smallest absolute Gasteiger partial charge is 0.326 e. The largest absolute Gasteiger partial charge is 0.481 e. The first-order valence-corrected chi connectivity index (χ1v) is 8.90. The summed E-state index contributed by atoms with van der Waals surface area (Å²) < 4.78 is 0. The van der Waals surface area contributed by atoms with Crippen molar-refractivity contribution in [2.75, 3.05) is 6.61 Å². The van der Waals surface area contributed by atoms with E-state index in [1.54, 1.807) is 0 Å². The number of aliphatic carboxylic acids is 2. The number of carboxylic acid groups (broad SMARTS) is 2. The summed E-state index contributed by atoms with van der Waals surface area (Å²) in [5.41, 5.74) is 5.44. The molecule has 0 spiro atoms. The Morgan fingerprint density at radius 1 is 0.833 bits per heavy atom. The molecule has 14 heteroatoms. The van der Waals surface area contributed by atoms with E-state index in [1.807, 2.05) is 10.6 Å². The SMILES string of the molecule is CC(O)C(N)C(=O)NC(C(=O)NC(CO)C(=O)NC(CCC(=O)O)C(=O)O)C(C)O. The Hall–Kier alpha value is -2.81. The molecule has 10 N–H and O–H groups in total. The number of hydrogen-bond donors (Lipinski definition) is 9. The predicted octanol–water partition coefficient (Wildman–Crippen LogP) is -4.53. The highest BCUT2D eigenvalue weighted by molar-refractivity contribution is 5.94. The van der Waals surface area contributed by atoms with Gasteiger partial charge in [-0.3, -0.25) is 19.2 Å². The van der Waals surface area contributed by atoms with E-state index < -0.39 is 85.5 Å². The third-order valence-corrected chi connectivity index (χ3v) is 3.96. The molecule has 14 nitrogen and oxygen atoms in total. The molecule has 0 aromatic rings. The molecular weight excluding hydrogens is 408 g/mol. The van der Waals surface area contributed by atoms with Crippen molar-refractivity contribution >= 4 is 29.7 Å². The number of rotatable bonds is 13. The quantitative estimate of drug-likeness (QED) is 0.133. The molecule has 0 aliphatic carbocycles. The van der Waals surface area contributed by atoms with Gasteiger partial charge in [0, 0.05) is 6.42 Å². The van der Waals surface area contributed by atoms with Crippen molar-refractivity contribution in [3.63, 3.8) is 0 Å². The first-order chi connectivity index (χ1) is 13.8. The Morgan fingerprint density at radius 3 is 1.77 bits per heavy atom. The van der Waals surface area contributed by atoms with Crippen LogP contribution >= 0.6 is 0 Å². The van der Waals surface area contributed by atoms with Gasteiger partial charge >= 0.3 is 11.9 Å². The Bertz CT molecular complexity index is 640. The molecule has 0 bridgehead atoms. The van der Waals surface area contributed by atoms with Crippen molar-refractivity contribution in [3.05, 3.63) is 0 Å². The summed E-state index contributed by atoms with van der Waals surface area (Å²) in [5.74, 6) is -5.99. The van der Waals surface area contributed by atoms with Crippen LogP contribution in [0.3, 0.4) is 0 Å². The summed E-state index contributed by atoms with van der Waals surface area (Å²) in [6, 6.07) is -6.25. The van der Waals surface area contributed by atoms with Crippen LogP contribution in [0.5, 0.6) is 0 Å². The van der Waals surface area contributed by atoms with Crippen LogP contribution < -0.4 is 21.7 Å². The summed E-state index contributed by atoms with van der Waals surface area (Å²) in [7, 11) is 0. The van der Waals surface area contributed by atoms with Crippen molar-refractivity contribution in [2.24, 2.45) is 5.73 Å². The zero-order valence-corrected chi connectivity index (χ0v) is 16.4. The standard InChI is InChI=1S/C16H28N4O10/c1-6(22)11(17)14(27)20-12(7(2)23)15(28)19-9(5-21)13(26)18-8(16(29)30)3-4-10(24)25/h6-9,11-12,21-23H,3-5,17H2,1-2H3,(H,18,26)(H,19,28)(H,20,27)(H,24,25)(H,29,30). The lowest BCUT2D eigenvalue weighted by atomic mass is 10.1. The van der Waals surface area contributed by atoms with Crippen molar-refractivity contribution in [1.82, 2.24) is 16.0 Å². The lowest BCUT2D eigenvalue weighted by molar-refractivity contribution is -0.143. The molecule has 6 atom stereocenters. The molecule has 6 unspecified atom stereocenters. The maximum Gasteiger partial charge on any atom is 0.326 e. The van der Waals surface area contributed by atoms with Gasteiger partial charge in [0.2, 0.25) is 17.7 Å². The van der Waals surface area contributed by atoms with Crippen LogP contribution in [0.4, 0.5) is 0 Å². The van der Waals surface area contributed by atoms with Gasteiger partial charge in [-0.1, -0.05) is 0 Å². The number of carboxylic acids is 2. The van der Waals surface area contributed by atoms with Crippen LogP contribution in [0.15, 0.2) is 0 Å². The van der Waals surface area contributed by atoms with Crippen LogP contribution in [0, 0.1) is 0 Å². The molecule has 0 radical (unpaired) electrons. The minimum absolute atomic E-state index is 0.438. The molecule has 172 valence electrons. The Kier molecular flexibility index (Phi) is 11.5. The van der Waals surface area contributed by atoms with Crippen LogP contribution in [0.25, 0.3) is 0 Å². The zero-order valence-electron chi connectivity index (χ0n) is 16.4. The second-order valence-corrected chi connectivity index (χ2v) is 6.57. The van der Waals surface area contributed by atoms with Crippen LogP contribution in [0.2, 0.25) is 0 Å². The van der Waals surface area contributed by atoms with Gasteiger partial charge in [-0.15, -0.1) is 0 Å². The first-order valence-electron chi connectivity index (χ1n) is 8.90. The second kappa shape index (κ2) is 12.7. The Balaban J connectivity index is 5.17.